The Kier molecular flexibility index (Phi) is 3.21. The zero-order valence-corrected chi connectivity index (χ0v) is 12.5. The molecule has 0 amide bonds. The van der Waals surface area contributed by atoms with Gasteiger partial charge in [-0.3, -0.25) is 4.68 Å². The number of hydrogen-bond donors (Lipinski definition) is 0. The fourth-order valence-electron chi connectivity index (χ4n) is 2.21. The van der Waals surface area contributed by atoms with Gasteiger partial charge in [0.05, 0.1) is 24.6 Å². The number of rotatable bonds is 3. The number of aromatic nitrogens is 5. The Bertz CT molecular complexity index is 770. The van der Waals surface area contributed by atoms with Crippen LogP contribution in [-0.4, -0.2) is 31.7 Å². The van der Waals surface area contributed by atoms with Gasteiger partial charge in [0.15, 0.2) is 5.82 Å². The molecule has 3 rings (SSSR count). The third-order valence-corrected chi connectivity index (χ3v) is 3.51. The quantitative estimate of drug-likeness (QED) is 0.740. The van der Waals surface area contributed by atoms with E-state index in [1.54, 1.807) is 7.11 Å². The van der Waals surface area contributed by atoms with Crippen LogP contribution in [0.5, 0.6) is 5.75 Å². The topological polar surface area (TPSA) is 57.8 Å². The molecule has 0 atom stereocenters. The molecule has 0 fully saturated rings. The van der Waals surface area contributed by atoms with Gasteiger partial charge in [0.25, 0.3) is 0 Å². The molecule has 2 aromatic heterocycles. The number of hydrogen-bond acceptors (Lipinski definition) is 4. The maximum Gasteiger partial charge on any atom is 0.166 e. The summed E-state index contributed by atoms with van der Waals surface area (Å²) in [5.41, 5.74) is 2.97. The molecule has 21 heavy (non-hydrogen) atoms. The molecule has 0 bridgehead atoms. The smallest absolute Gasteiger partial charge is 0.166 e. The van der Waals surface area contributed by atoms with Gasteiger partial charge in [-0.1, -0.05) is 0 Å². The molecule has 108 valence electrons. The van der Waals surface area contributed by atoms with Gasteiger partial charge in [-0.05, 0) is 38.1 Å². The van der Waals surface area contributed by atoms with Crippen molar-refractivity contribution < 1.29 is 4.74 Å². The van der Waals surface area contributed by atoms with Crippen LogP contribution in [0.2, 0.25) is 0 Å². The van der Waals surface area contributed by atoms with E-state index >= 15 is 0 Å². The highest BCUT2D eigenvalue weighted by Gasteiger charge is 2.16. The molecule has 0 aliphatic carbocycles. The lowest BCUT2D eigenvalue weighted by molar-refractivity contribution is 0.414. The normalized spacial score (nSPS) is 10.9. The van der Waals surface area contributed by atoms with E-state index in [0.717, 1.165) is 34.3 Å². The third-order valence-electron chi connectivity index (χ3n) is 3.51. The summed E-state index contributed by atoms with van der Waals surface area (Å²) < 4.78 is 8.85. The minimum absolute atomic E-state index is 0.726. The summed E-state index contributed by atoms with van der Waals surface area (Å²) in [6.45, 7) is 3.90. The standard InChI is InChI=1S/C15H17N5O/c1-10-14(9-16-19(10)3)15-17-11(2)18-20(15)12-5-7-13(21-4)8-6-12/h5-9H,1-4H3. The Morgan fingerprint density at radius 3 is 2.38 bits per heavy atom. The van der Waals surface area contributed by atoms with E-state index in [1.165, 1.54) is 0 Å². The molecule has 0 aliphatic rings. The van der Waals surface area contributed by atoms with Crippen molar-refractivity contribution in [3.63, 3.8) is 0 Å². The maximum atomic E-state index is 5.19. The van der Waals surface area contributed by atoms with Crippen molar-refractivity contribution in [2.45, 2.75) is 13.8 Å². The van der Waals surface area contributed by atoms with Crippen LogP contribution < -0.4 is 4.74 Å². The number of aryl methyl sites for hydroxylation is 2. The van der Waals surface area contributed by atoms with Crippen molar-refractivity contribution >= 4 is 0 Å². The highest BCUT2D eigenvalue weighted by Crippen LogP contribution is 2.24. The Balaban J connectivity index is 2.13. The largest absolute Gasteiger partial charge is 0.497 e. The Labute approximate surface area is 123 Å². The molecule has 0 saturated carbocycles. The summed E-state index contributed by atoms with van der Waals surface area (Å²) in [6, 6.07) is 7.74. The zero-order valence-electron chi connectivity index (χ0n) is 12.5. The zero-order chi connectivity index (χ0) is 15.0. The first-order valence-corrected chi connectivity index (χ1v) is 6.67. The Morgan fingerprint density at radius 1 is 1.10 bits per heavy atom. The van der Waals surface area contributed by atoms with Crippen molar-refractivity contribution in [3.8, 4) is 22.8 Å². The second-order valence-electron chi connectivity index (χ2n) is 4.86. The van der Waals surface area contributed by atoms with Crippen LogP contribution in [0.15, 0.2) is 30.5 Å². The molecule has 2 heterocycles. The van der Waals surface area contributed by atoms with Gasteiger partial charge in [-0.15, -0.1) is 0 Å². The van der Waals surface area contributed by atoms with Gasteiger partial charge >= 0.3 is 0 Å². The Morgan fingerprint density at radius 2 is 1.81 bits per heavy atom. The van der Waals surface area contributed by atoms with E-state index in [1.807, 2.05) is 60.7 Å². The van der Waals surface area contributed by atoms with Crippen LogP contribution in [0.3, 0.4) is 0 Å². The van der Waals surface area contributed by atoms with E-state index in [-0.39, 0.29) is 0 Å². The van der Waals surface area contributed by atoms with Crippen LogP contribution in [0.25, 0.3) is 17.1 Å². The van der Waals surface area contributed by atoms with Gasteiger partial charge < -0.3 is 4.74 Å². The highest BCUT2D eigenvalue weighted by molar-refractivity contribution is 5.60. The second kappa shape index (κ2) is 5.05. The first-order chi connectivity index (χ1) is 10.1. The molecular formula is C15H17N5O. The number of nitrogens with zero attached hydrogens (tertiary/aromatic N) is 5. The lowest BCUT2D eigenvalue weighted by atomic mass is 10.2. The number of benzene rings is 1. The average molecular weight is 283 g/mol. The maximum absolute atomic E-state index is 5.19. The van der Waals surface area contributed by atoms with Crippen molar-refractivity contribution in [2.24, 2.45) is 7.05 Å². The average Bonchev–Trinajstić information content (AvgIpc) is 3.03. The number of methoxy groups -OCH3 is 1. The van der Waals surface area contributed by atoms with Gasteiger partial charge in [0, 0.05) is 12.7 Å². The molecule has 0 saturated heterocycles. The van der Waals surface area contributed by atoms with E-state index < -0.39 is 0 Å². The van der Waals surface area contributed by atoms with Gasteiger partial charge in [0.1, 0.15) is 11.6 Å². The SMILES string of the molecule is COc1ccc(-n2nc(C)nc2-c2cnn(C)c2C)cc1. The molecule has 0 spiro atoms. The second-order valence-corrected chi connectivity index (χ2v) is 4.86. The van der Waals surface area contributed by atoms with Gasteiger partial charge in [0.2, 0.25) is 0 Å². The van der Waals surface area contributed by atoms with Crippen LogP contribution in [0, 0.1) is 13.8 Å². The van der Waals surface area contributed by atoms with Crippen LogP contribution in [-0.2, 0) is 7.05 Å². The fourth-order valence-corrected chi connectivity index (χ4v) is 2.21. The van der Waals surface area contributed by atoms with E-state index in [9.17, 15) is 0 Å². The van der Waals surface area contributed by atoms with Crippen LogP contribution in [0.1, 0.15) is 11.5 Å². The summed E-state index contributed by atoms with van der Waals surface area (Å²) in [5.74, 6) is 2.34. The van der Waals surface area contributed by atoms with Crippen molar-refractivity contribution in [1.82, 2.24) is 24.5 Å². The fraction of sp³-hybridized carbons (Fsp3) is 0.267. The monoisotopic (exact) mass is 283 g/mol. The van der Waals surface area contributed by atoms with Crippen molar-refractivity contribution in [2.75, 3.05) is 7.11 Å². The molecule has 6 heteroatoms. The lowest BCUT2D eigenvalue weighted by Crippen LogP contribution is -2.01. The van der Waals surface area contributed by atoms with Crippen LogP contribution in [0.4, 0.5) is 0 Å². The summed E-state index contributed by atoms with van der Waals surface area (Å²) >= 11 is 0. The minimum Gasteiger partial charge on any atom is -0.497 e. The highest BCUT2D eigenvalue weighted by atomic mass is 16.5. The Hall–Kier alpha value is -2.63. The summed E-state index contributed by atoms with van der Waals surface area (Å²) in [4.78, 5) is 4.54. The molecule has 3 aromatic rings. The third kappa shape index (κ3) is 2.29. The predicted molar refractivity (Wildman–Crippen MR) is 79.6 cm³/mol. The van der Waals surface area contributed by atoms with Gasteiger partial charge in [-0.25, -0.2) is 9.67 Å². The minimum atomic E-state index is 0.726. The first kappa shape index (κ1) is 13.4. The summed E-state index contributed by atoms with van der Waals surface area (Å²) in [7, 11) is 3.57. The molecule has 0 unspecified atom stereocenters. The molecule has 0 aliphatic heterocycles. The predicted octanol–water partition coefficient (Wildman–Crippen LogP) is 2.29. The van der Waals surface area contributed by atoms with Gasteiger partial charge in [-0.2, -0.15) is 10.2 Å². The molecule has 1 aromatic carbocycles. The first-order valence-electron chi connectivity index (χ1n) is 6.67. The van der Waals surface area contributed by atoms with E-state index in [4.69, 9.17) is 4.74 Å². The van der Waals surface area contributed by atoms with Crippen molar-refractivity contribution in [3.05, 3.63) is 42.0 Å². The van der Waals surface area contributed by atoms with Crippen molar-refractivity contribution in [1.29, 1.82) is 0 Å². The molecular weight excluding hydrogens is 266 g/mol. The number of ether oxygens (including phenoxy) is 1. The molecule has 0 N–H and O–H groups in total. The summed E-state index contributed by atoms with van der Waals surface area (Å²) in [5, 5.41) is 8.77. The van der Waals surface area contributed by atoms with E-state index in [2.05, 4.69) is 15.2 Å². The summed E-state index contributed by atoms with van der Waals surface area (Å²) in [6.07, 6.45) is 1.82. The van der Waals surface area contributed by atoms with E-state index in [0.29, 0.717) is 0 Å². The molecule has 0 radical (unpaired) electrons. The lowest BCUT2D eigenvalue weighted by Gasteiger charge is -2.06. The van der Waals surface area contributed by atoms with Crippen LogP contribution >= 0.6 is 0 Å². The molecule has 6 nitrogen and oxygen atoms in total.